The summed E-state index contributed by atoms with van der Waals surface area (Å²) in [6, 6.07) is 0.527. The predicted molar refractivity (Wildman–Crippen MR) is 88.5 cm³/mol. The molecule has 5 nitrogen and oxygen atoms in total. The van der Waals surface area contributed by atoms with Crippen LogP contribution in [0, 0.1) is 5.92 Å². The molecule has 2 fully saturated rings. The molecule has 0 radical (unpaired) electrons. The Labute approximate surface area is 150 Å². The monoisotopic (exact) mass is 371 g/mol. The SMILES string of the molecule is O=C(CC1CCCCC1)N1CCCC(Oc2nccc(C(F)(F)F)n2)C1. The maximum Gasteiger partial charge on any atom is 0.433 e. The number of amides is 1. The first kappa shape index (κ1) is 18.9. The lowest BCUT2D eigenvalue weighted by Crippen LogP contribution is -2.45. The highest BCUT2D eigenvalue weighted by molar-refractivity contribution is 5.76. The molecular formula is C18H24F3N3O2. The molecule has 0 N–H and O–H groups in total. The number of halogens is 3. The van der Waals surface area contributed by atoms with E-state index in [0.717, 1.165) is 31.5 Å². The first-order valence-corrected chi connectivity index (χ1v) is 9.26. The van der Waals surface area contributed by atoms with Gasteiger partial charge < -0.3 is 9.64 Å². The fraction of sp³-hybridized carbons (Fsp3) is 0.722. The minimum atomic E-state index is -4.53. The fourth-order valence-electron chi connectivity index (χ4n) is 3.73. The third kappa shape index (κ3) is 5.08. The molecule has 1 unspecified atom stereocenters. The number of likely N-dealkylation sites (tertiary alicyclic amines) is 1. The van der Waals surface area contributed by atoms with E-state index < -0.39 is 11.9 Å². The highest BCUT2D eigenvalue weighted by Crippen LogP contribution is 2.29. The molecule has 0 spiro atoms. The molecule has 0 aromatic carbocycles. The molecule has 1 aromatic heterocycles. The summed E-state index contributed by atoms with van der Waals surface area (Å²) in [6.45, 7) is 1.06. The molecule has 2 aliphatic rings. The van der Waals surface area contributed by atoms with Gasteiger partial charge in [0.1, 0.15) is 6.10 Å². The Bertz CT molecular complexity index is 618. The van der Waals surface area contributed by atoms with Crippen molar-refractivity contribution in [3.8, 4) is 6.01 Å². The van der Waals surface area contributed by atoms with Gasteiger partial charge in [-0.2, -0.15) is 18.2 Å². The summed E-state index contributed by atoms with van der Waals surface area (Å²) in [6.07, 6.45) is 3.99. The van der Waals surface area contributed by atoms with Crippen LogP contribution < -0.4 is 4.74 Å². The molecular weight excluding hydrogens is 347 g/mol. The van der Waals surface area contributed by atoms with E-state index in [-0.39, 0.29) is 18.0 Å². The van der Waals surface area contributed by atoms with E-state index in [1.807, 2.05) is 0 Å². The Morgan fingerprint density at radius 3 is 2.69 bits per heavy atom. The minimum absolute atomic E-state index is 0.121. The van der Waals surface area contributed by atoms with Gasteiger partial charge in [0, 0.05) is 19.2 Å². The van der Waals surface area contributed by atoms with Crippen molar-refractivity contribution in [2.45, 2.75) is 63.6 Å². The molecule has 2 heterocycles. The number of ether oxygens (including phenoxy) is 1. The van der Waals surface area contributed by atoms with Crippen molar-refractivity contribution in [1.82, 2.24) is 14.9 Å². The zero-order chi connectivity index (χ0) is 18.6. The summed E-state index contributed by atoms with van der Waals surface area (Å²) < 4.78 is 43.8. The highest BCUT2D eigenvalue weighted by Gasteiger charge is 2.33. The lowest BCUT2D eigenvalue weighted by molar-refractivity contribution is -0.141. The Morgan fingerprint density at radius 1 is 1.19 bits per heavy atom. The van der Waals surface area contributed by atoms with E-state index in [9.17, 15) is 18.0 Å². The minimum Gasteiger partial charge on any atom is -0.458 e. The second-order valence-corrected chi connectivity index (χ2v) is 7.15. The number of nitrogens with zero attached hydrogens (tertiary/aromatic N) is 3. The second kappa shape index (κ2) is 8.22. The molecule has 1 aliphatic carbocycles. The Balaban J connectivity index is 1.55. The third-order valence-corrected chi connectivity index (χ3v) is 5.11. The normalized spacial score (nSPS) is 22.3. The van der Waals surface area contributed by atoms with Gasteiger partial charge in [-0.1, -0.05) is 19.3 Å². The number of carbonyl (C=O) groups excluding carboxylic acids is 1. The summed E-state index contributed by atoms with van der Waals surface area (Å²) in [4.78, 5) is 21.5. The van der Waals surface area contributed by atoms with Gasteiger partial charge in [-0.05, 0) is 37.7 Å². The molecule has 1 saturated carbocycles. The van der Waals surface area contributed by atoms with E-state index in [0.29, 0.717) is 31.8 Å². The Morgan fingerprint density at radius 2 is 1.96 bits per heavy atom. The van der Waals surface area contributed by atoms with Crippen LogP contribution >= 0.6 is 0 Å². The van der Waals surface area contributed by atoms with Crippen molar-refractivity contribution < 1.29 is 22.7 Å². The van der Waals surface area contributed by atoms with Gasteiger partial charge in [-0.3, -0.25) is 4.79 Å². The molecule has 3 rings (SSSR count). The van der Waals surface area contributed by atoms with E-state index >= 15 is 0 Å². The number of rotatable bonds is 4. The van der Waals surface area contributed by atoms with Crippen molar-refractivity contribution in [2.24, 2.45) is 5.92 Å². The smallest absolute Gasteiger partial charge is 0.433 e. The summed E-state index contributed by atoms with van der Waals surface area (Å²) in [5.41, 5.74) is -1.02. The van der Waals surface area contributed by atoms with Gasteiger partial charge in [0.2, 0.25) is 5.91 Å². The number of alkyl halides is 3. The van der Waals surface area contributed by atoms with Gasteiger partial charge in [0.15, 0.2) is 5.69 Å². The van der Waals surface area contributed by atoms with E-state index in [4.69, 9.17) is 4.74 Å². The van der Waals surface area contributed by atoms with Crippen molar-refractivity contribution in [3.05, 3.63) is 18.0 Å². The number of carbonyl (C=O) groups is 1. The predicted octanol–water partition coefficient (Wildman–Crippen LogP) is 3.84. The zero-order valence-corrected chi connectivity index (χ0v) is 14.7. The lowest BCUT2D eigenvalue weighted by atomic mass is 9.86. The van der Waals surface area contributed by atoms with Crippen molar-refractivity contribution in [1.29, 1.82) is 0 Å². The molecule has 1 amide bonds. The molecule has 8 heteroatoms. The largest absolute Gasteiger partial charge is 0.458 e. The van der Waals surface area contributed by atoms with E-state index in [1.165, 1.54) is 19.3 Å². The van der Waals surface area contributed by atoms with Crippen LogP contribution in [0.25, 0.3) is 0 Å². The Kier molecular flexibility index (Phi) is 5.98. The highest BCUT2D eigenvalue weighted by atomic mass is 19.4. The van der Waals surface area contributed by atoms with Crippen molar-refractivity contribution in [3.63, 3.8) is 0 Å². The lowest BCUT2D eigenvalue weighted by Gasteiger charge is -2.33. The van der Waals surface area contributed by atoms with Gasteiger partial charge in [0.25, 0.3) is 0 Å². The van der Waals surface area contributed by atoms with Crippen LogP contribution in [0.3, 0.4) is 0 Å². The average Bonchev–Trinajstić information content (AvgIpc) is 2.62. The average molecular weight is 371 g/mol. The maximum atomic E-state index is 12.7. The molecule has 1 aliphatic heterocycles. The van der Waals surface area contributed by atoms with Gasteiger partial charge in [-0.15, -0.1) is 0 Å². The van der Waals surface area contributed by atoms with Crippen molar-refractivity contribution >= 4 is 5.91 Å². The molecule has 1 aromatic rings. The number of piperidine rings is 1. The maximum absolute atomic E-state index is 12.7. The summed E-state index contributed by atoms with van der Waals surface area (Å²) >= 11 is 0. The Hall–Kier alpha value is -1.86. The van der Waals surface area contributed by atoms with Crippen LogP contribution in [0.4, 0.5) is 13.2 Å². The van der Waals surface area contributed by atoms with Gasteiger partial charge in [-0.25, -0.2) is 4.98 Å². The summed E-state index contributed by atoms with van der Waals surface area (Å²) in [5.74, 6) is 0.583. The number of hydrogen-bond donors (Lipinski definition) is 0. The van der Waals surface area contributed by atoms with Crippen LogP contribution in [0.1, 0.15) is 57.1 Å². The van der Waals surface area contributed by atoms with E-state index in [2.05, 4.69) is 9.97 Å². The molecule has 1 saturated heterocycles. The molecule has 0 bridgehead atoms. The van der Waals surface area contributed by atoms with Crippen LogP contribution in [0.2, 0.25) is 0 Å². The van der Waals surface area contributed by atoms with Crippen LogP contribution in [-0.4, -0.2) is 40.0 Å². The van der Waals surface area contributed by atoms with Crippen LogP contribution in [0.5, 0.6) is 6.01 Å². The second-order valence-electron chi connectivity index (χ2n) is 7.15. The molecule has 1 atom stereocenters. The number of hydrogen-bond acceptors (Lipinski definition) is 4. The molecule has 26 heavy (non-hydrogen) atoms. The van der Waals surface area contributed by atoms with E-state index in [1.54, 1.807) is 4.90 Å². The first-order valence-electron chi connectivity index (χ1n) is 9.26. The van der Waals surface area contributed by atoms with Gasteiger partial charge in [0.05, 0.1) is 6.54 Å². The van der Waals surface area contributed by atoms with Crippen LogP contribution in [-0.2, 0) is 11.0 Å². The summed E-state index contributed by atoms with van der Waals surface area (Å²) in [7, 11) is 0. The van der Waals surface area contributed by atoms with Crippen LogP contribution in [0.15, 0.2) is 12.3 Å². The van der Waals surface area contributed by atoms with Gasteiger partial charge >= 0.3 is 12.2 Å². The van der Waals surface area contributed by atoms with Crippen molar-refractivity contribution in [2.75, 3.05) is 13.1 Å². The fourth-order valence-corrected chi connectivity index (χ4v) is 3.73. The topological polar surface area (TPSA) is 55.3 Å². The zero-order valence-electron chi connectivity index (χ0n) is 14.7. The standard InChI is InChI=1S/C18H24F3N3O2/c19-18(20,21)15-8-9-22-17(23-15)26-14-7-4-10-24(12-14)16(25)11-13-5-2-1-3-6-13/h8-9,13-14H,1-7,10-12H2. The molecule has 144 valence electrons. The number of aromatic nitrogens is 2. The third-order valence-electron chi connectivity index (χ3n) is 5.11. The first-order chi connectivity index (χ1) is 12.4. The quantitative estimate of drug-likeness (QED) is 0.807. The summed E-state index contributed by atoms with van der Waals surface area (Å²) in [5, 5.41) is 0.